The van der Waals surface area contributed by atoms with E-state index >= 15 is 0 Å². The molecule has 0 spiro atoms. The third-order valence-electron chi connectivity index (χ3n) is 3.59. The zero-order valence-electron chi connectivity index (χ0n) is 11.8. The highest BCUT2D eigenvalue weighted by atomic mass is 32.2. The van der Waals surface area contributed by atoms with Gasteiger partial charge in [0, 0.05) is 11.3 Å². The number of para-hydroxylation sites is 2. The molecule has 0 aliphatic heterocycles. The normalized spacial score (nSPS) is 21.6. The van der Waals surface area contributed by atoms with E-state index in [2.05, 4.69) is 11.6 Å². The van der Waals surface area contributed by atoms with Crippen LogP contribution in [0.25, 0.3) is 0 Å². The molecule has 1 aromatic carbocycles. The summed E-state index contributed by atoms with van der Waals surface area (Å²) in [6.07, 6.45) is 5.87. The van der Waals surface area contributed by atoms with E-state index in [0.717, 1.165) is 12.8 Å². The molecule has 0 radical (unpaired) electrons. The number of nitrogens with two attached hydrogens (primary N) is 1. The molecule has 1 aromatic rings. The van der Waals surface area contributed by atoms with Crippen LogP contribution in [0.3, 0.4) is 0 Å². The standard InChI is InChI=1S/C15H22N2O2S/c1-20-12-7-6-11(10-12)17-15(18)8-9-19-14-5-3-2-4-13(14)16/h2-5,11-12H,6-10,16H2,1H3,(H,17,18). The molecule has 1 saturated carbocycles. The second kappa shape index (κ2) is 7.43. The number of hydrogen-bond donors (Lipinski definition) is 2. The zero-order chi connectivity index (χ0) is 14.4. The molecule has 2 atom stereocenters. The lowest BCUT2D eigenvalue weighted by Crippen LogP contribution is -2.33. The topological polar surface area (TPSA) is 64.3 Å². The fourth-order valence-electron chi connectivity index (χ4n) is 2.45. The lowest BCUT2D eigenvalue weighted by molar-refractivity contribution is -0.122. The summed E-state index contributed by atoms with van der Waals surface area (Å²) in [4.78, 5) is 11.8. The van der Waals surface area contributed by atoms with Crippen LogP contribution in [-0.4, -0.2) is 30.1 Å². The van der Waals surface area contributed by atoms with Crippen LogP contribution < -0.4 is 15.8 Å². The number of carbonyl (C=O) groups excluding carboxylic acids is 1. The maximum atomic E-state index is 11.8. The van der Waals surface area contributed by atoms with Crippen LogP contribution >= 0.6 is 11.8 Å². The minimum absolute atomic E-state index is 0.0613. The van der Waals surface area contributed by atoms with Crippen molar-refractivity contribution in [2.45, 2.75) is 37.0 Å². The van der Waals surface area contributed by atoms with Gasteiger partial charge in [0.2, 0.25) is 5.91 Å². The Labute approximate surface area is 124 Å². The first-order valence-corrected chi connectivity index (χ1v) is 8.27. The van der Waals surface area contributed by atoms with Crippen molar-refractivity contribution in [2.24, 2.45) is 0 Å². The quantitative estimate of drug-likeness (QED) is 0.791. The molecule has 1 aliphatic rings. The average molecular weight is 294 g/mol. The Balaban J connectivity index is 1.67. The van der Waals surface area contributed by atoms with Gasteiger partial charge >= 0.3 is 0 Å². The molecule has 2 unspecified atom stereocenters. The van der Waals surface area contributed by atoms with Gasteiger partial charge in [0.15, 0.2) is 0 Å². The fraction of sp³-hybridized carbons (Fsp3) is 0.533. The monoisotopic (exact) mass is 294 g/mol. The van der Waals surface area contributed by atoms with E-state index in [0.29, 0.717) is 35.8 Å². The lowest BCUT2D eigenvalue weighted by atomic mass is 10.2. The van der Waals surface area contributed by atoms with Gasteiger partial charge in [-0.3, -0.25) is 4.79 Å². The van der Waals surface area contributed by atoms with Crippen molar-refractivity contribution in [3.8, 4) is 5.75 Å². The number of ether oxygens (including phenoxy) is 1. The highest BCUT2D eigenvalue weighted by Crippen LogP contribution is 2.28. The molecule has 5 heteroatoms. The number of hydrogen-bond acceptors (Lipinski definition) is 4. The molecule has 2 rings (SSSR count). The molecule has 1 fully saturated rings. The molecule has 0 saturated heterocycles. The van der Waals surface area contributed by atoms with E-state index in [9.17, 15) is 4.79 Å². The van der Waals surface area contributed by atoms with Crippen molar-refractivity contribution in [3.63, 3.8) is 0 Å². The Kier molecular flexibility index (Phi) is 5.59. The SMILES string of the molecule is CSC1CCC(NC(=O)CCOc2ccccc2N)C1. The summed E-state index contributed by atoms with van der Waals surface area (Å²) in [6, 6.07) is 7.66. The lowest BCUT2D eigenvalue weighted by Gasteiger charge is -2.13. The largest absolute Gasteiger partial charge is 0.491 e. The Hall–Kier alpha value is -1.36. The minimum Gasteiger partial charge on any atom is -0.491 e. The van der Waals surface area contributed by atoms with Gasteiger partial charge < -0.3 is 15.8 Å². The van der Waals surface area contributed by atoms with Gasteiger partial charge in [-0.2, -0.15) is 11.8 Å². The number of nitrogen functional groups attached to an aromatic ring is 1. The fourth-order valence-corrected chi connectivity index (χ4v) is 3.25. The predicted octanol–water partition coefficient (Wildman–Crippen LogP) is 2.44. The molecule has 1 amide bonds. The maximum absolute atomic E-state index is 11.8. The third-order valence-corrected chi connectivity index (χ3v) is 4.68. The van der Waals surface area contributed by atoms with Crippen LogP contribution in [-0.2, 0) is 4.79 Å². The maximum Gasteiger partial charge on any atom is 0.223 e. The molecular formula is C15H22N2O2S. The van der Waals surface area contributed by atoms with Crippen molar-refractivity contribution in [1.82, 2.24) is 5.32 Å². The van der Waals surface area contributed by atoms with Gasteiger partial charge in [-0.1, -0.05) is 12.1 Å². The van der Waals surface area contributed by atoms with Crippen LogP contribution in [0, 0.1) is 0 Å². The van der Waals surface area contributed by atoms with Gasteiger partial charge in [0.1, 0.15) is 5.75 Å². The van der Waals surface area contributed by atoms with Crippen LogP contribution in [0.5, 0.6) is 5.75 Å². The first kappa shape index (κ1) is 15.0. The van der Waals surface area contributed by atoms with Gasteiger partial charge in [-0.05, 0) is 37.7 Å². The van der Waals surface area contributed by atoms with Crippen LogP contribution in [0.4, 0.5) is 5.69 Å². The van der Waals surface area contributed by atoms with E-state index in [1.165, 1.54) is 6.42 Å². The molecule has 4 nitrogen and oxygen atoms in total. The summed E-state index contributed by atoms with van der Waals surface area (Å²) in [5.41, 5.74) is 6.38. The zero-order valence-corrected chi connectivity index (χ0v) is 12.6. The Bertz CT molecular complexity index is 453. The number of rotatable bonds is 6. The van der Waals surface area contributed by atoms with Crippen molar-refractivity contribution in [1.29, 1.82) is 0 Å². The van der Waals surface area contributed by atoms with Crippen molar-refractivity contribution in [3.05, 3.63) is 24.3 Å². The Morgan fingerprint density at radius 2 is 2.25 bits per heavy atom. The number of amides is 1. The van der Waals surface area contributed by atoms with Crippen LogP contribution in [0.1, 0.15) is 25.7 Å². The molecule has 3 N–H and O–H groups in total. The van der Waals surface area contributed by atoms with E-state index in [-0.39, 0.29) is 5.91 Å². The smallest absolute Gasteiger partial charge is 0.223 e. The summed E-state index contributed by atoms with van der Waals surface area (Å²) in [7, 11) is 0. The summed E-state index contributed by atoms with van der Waals surface area (Å²) in [5.74, 6) is 0.704. The van der Waals surface area contributed by atoms with Gasteiger partial charge in [-0.25, -0.2) is 0 Å². The highest BCUT2D eigenvalue weighted by Gasteiger charge is 2.24. The van der Waals surface area contributed by atoms with E-state index in [1.807, 2.05) is 30.0 Å². The molecule has 110 valence electrons. The number of thioether (sulfide) groups is 1. The summed E-state index contributed by atoms with van der Waals surface area (Å²) in [6.45, 7) is 0.360. The minimum atomic E-state index is 0.0613. The first-order chi connectivity index (χ1) is 9.69. The predicted molar refractivity (Wildman–Crippen MR) is 84.1 cm³/mol. The molecule has 0 heterocycles. The van der Waals surface area contributed by atoms with Crippen molar-refractivity contribution >= 4 is 23.4 Å². The highest BCUT2D eigenvalue weighted by molar-refractivity contribution is 7.99. The summed E-state index contributed by atoms with van der Waals surface area (Å²) < 4.78 is 5.52. The first-order valence-electron chi connectivity index (χ1n) is 6.98. The van der Waals surface area contributed by atoms with Crippen LogP contribution in [0.2, 0.25) is 0 Å². The molecule has 0 aromatic heterocycles. The average Bonchev–Trinajstić information content (AvgIpc) is 2.88. The van der Waals surface area contributed by atoms with E-state index in [1.54, 1.807) is 6.07 Å². The third kappa shape index (κ3) is 4.34. The molecule has 20 heavy (non-hydrogen) atoms. The number of nitrogens with one attached hydrogen (secondary N) is 1. The van der Waals surface area contributed by atoms with E-state index < -0.39 is 0 Å². The van der Waals surface area contributed by atoms with Gasteiger partial charge in [-0.15, -0.1) is 0 Å². The second-order valence-electron chi connectivity index (χ2n) is 5.07. The Morgan fingerprint density at radius 3 is 2.95 bits per heavy atom. The Morgan fingerprint density at radius 1 is 1.45 bits per heavy atom. The van der Waals surface area contributed by atoms with Crippen LogP contribution in [0.15, 0.2) is 24.3 Å². The van der Waals surface area contributed by atoms with E-state index in [4.69, 9.17) is 10.5 Å². The molecule has 0 bridgehead atoms. The molecular weight excluding hydrogens is 272 g/mol. The number of carbonyl (C=O) groups is 1. The van der Waals surface area contributed by atoms with Crippen molar-refractivity contribution in [2.75, 3.05) is 18.6 Å². The summed E-state index contributed by atoms with van der Waals surface area (Å²) >= 11 is 1.89. The second-order valence-corrected chi connectivity index (χ2v) is 6.21. The summed E-state index contributed by atoms with van der Waals surface area (Å²) in [5, 5.41) is 3.78. The van der Waals surface area contributed by atoms with Gasteiger partial charge in [0.05, 0.1) is 18.7 Å². The molecule has 1 aliphatic carbocycles. The number of benzene rings is 1. The number of anilines is 1. The van der Waals surface area contributed by atoms with Crippen molar-refractivity contribution < 1.29 is 9.53 Å². The van der Waals surface area contributed by atoms with Gasteiger partial charge in [0.25, 0.3) is 0 Å².